The largest absolute Gasteiger partial charge is 0.431 e. The van der Waals surface area contributed by atoms with E-state index >= 15 is 0 Å². The lowest BCUT2D eigenvalue weighted by Gasteiger charge is -2.35. The van der Waals surface area contributed by atoms with E-state index in [1.807, 2.05) is 0 Å². The first kappa shape index (κ1) is 18.5. The molecule has 0 aromatic carbocycles. The quantitative estimate of drug-likeness (QED) is 0.746. The normalized spacial score (nSPS) is 28.6. The number of likely N-dealkylation sites (tertiary alicyclic amines) is 1. The zero-order valence-corrected chi connectivity index (χ0v) is 16.6. The van der Waals surface area contributed by atoms with Gasteiger partial charge in [-0.05, 0) is 42.7 Å². The zero-order valence-electron chi connectivity index (χ0n) is 16.6. The number of anilines is 1. The van der Waals surface area contributed by atoms with Gasteiger partial charge in [-0.2, -0.15) is 13.9 Å². The monoisotopic (exact) mass is 417 g/mol. The number of nitrogen functional groups attached to an aromatic ring is 1. The number of fused-ring (bicyclic) bond motifs is 1. The molecule has 2 aromatic heterocycles. The molecule has 2 aromatic rings. The number of nitrogens with zero attached hydrogens (tertiary/aromatic N) is 4. The van der Waals surface area contributed by atoms with Crippen LogP contribution in [0.2, 0.25) is 0 Å². The molecule has 30 heavy (non-hydrogen) atoms. The van der Waals surface area contributed by atoms with Gasteiger partial charge in [0.05, 0.1) is 24.9 Å². The van der Waals surface area contributed by atoms with E-state index in [4.69, 9.17) is 15.6 Å². The van der Waals surface area contributed by atoms with Crippen molar-refractivity contribution in [3.8, 4) is 17.0 Å². The highest BCUT2D eigenvalue weighted by atomic mass is 19.3. The summed E-state index contributed by atoms with van der Waals surface area (Å²) in [6.07, 6.45) is 4.07. The molecule has 0 radical (unpaired) electrons. The van der Waals surface area contributed by atoms with Gasteiger partial charge in [0.2, 0.25) is 0 Å². The van der Waals surface area contributed by atoms with Gasteiger partial charge < -0.3 is 15.2 Å². The van der Waals surface area contributed by atoms with Crippen molar-refractivity contribution in [2.24, 2.45) is 17.8 Å². The van der Waals surface area contributed by atoms with Gasteiger partial charge in [-0.25, -0.2) is 4.98 Å². The van der Waals surface area contributed by atoms with Crippen LogP contribution in [-0.4, -0.2) is 58.6 Å². The number of nitrogens with two attached hydrogens (primary N) is 1. The first-order valence-electron chi connectivity index (χ1n) is 10.7. The second-order valence-corrected chi connectivity index (χ2v) is 9.06. The molecule has 2 N–H and O–H groups in total. The lowest BCUT2D eigenvalue weighted by molar-refractivity contribution is -0.0610. The van der Waals surface area contributed by atoms with Crippen molar-refractivity contribution in [2.45, 2.75) is 38.0 Å². The summed E-state index contributed by atoms with van der Waals surface area (Å²) >= 11 is 0. The van der Waals surface area contributed by atoms with Gasteiger partial charge >= 0.3 is 6.61 Å². The van der Waals surface area contributed by atoms with Crippen LogP contribution in [0.3, 0.4) is 0 Å². The third-order valence-corrected chi connectivity index (χ3v) is 7.03. The van der Waals surface area contributed by atoms with Crippen molar-refractivity contribution in [3.05, 3.63) is 24.0 Å². The van der Waals surface area contributed by atoms with Crippen molar-refractivity contribution in [3.63, 3.8) is 0 Å². The Kier molecular flexibility index (Phi) is 4.24. The van der Waals surface area contributed by atoms with E-state index in [-0.39, 0.29) is 11.6 Å². The summed E-state index contributed by atoms with van der Waals surface area (Å²) in [4.78, 5) is 6.60. The Balaban J connectivity index is 1.26. The lowest BCUT2D eigenvalue weighted by atomic mass is 10.1. The molecule has 4 heterocycles. The number of alkyl halides is 2. The van der Waals surface area contributed by atoms with E-state index in [1.165, 1.54) is 24.6 Å². The Morgan fingerprint density at radius 1 is 1.20 bits per heavy atom. The average molecular weight is 417 g/mol. The molecule has 2 saturated carbocycles. The highest BCUT2D eigenvalue weighted by Crippen LogP contribution is 2.59. The van der Waals surface area contributed by atoms with Crippen LogP contribution < -0.4 is 10.5 Å². The molecule has 4 aliphatic rings. The summed E-state index contributed by atoms with van der Waals surface area (Å²) in [6.45, 7) is 1.96. The number of aromatic nitrogens is 3. The smallest absolute Gasteiger partial charge is 0.387 e. The van der Waals surface area contributed by atoms with Gasteiger partial charge in [-0.3, -0.25) is 9.58 Å². The number of rotatable bonds is 7. The number of ether oxygens (including phenoxy) is 2. The number of hydrogen-bond acceptors (Lipinski definition) is 6. The summed E-state index contributed by atoms with van der Waals surface area (Å²) < 4.78 is 37.4. The minimum atomic E-state index is -2.94. The van der Waals surface area contributed by atoms with Crippen LogP contribution in [0.15, 0.2) is 18.3 Å². The van der Waals surface area contributed by atoms with Crippen LogP contribution in [0.1, 0.15) is 24.5 Å². The maximum Gasteiger partial charge on any atom is 0.387 e. The minimum absolute atomic E-state index is 0.0477. The van der Waals surface area contributed by atoms with E-state index in [1.54, 1.807) is 6.20 Å². The Morgan fingerprint density at radius 2 is 1.97 bits per heavy atom. The first-order valence-corrected chi connectivity index (χ1v) is 10.7. The lowest BCUT2D eigenvalue weighted by Crippen LogP contribution is -2.48. The predicted octanol–water partition coefficient (Wildman–Crippen LogP) is 2.58. The summed E-state index contributed by atoms with van der Waals surface area (Å²) in [5.74, 6) is 2.42. The minimum Gasteiger partial charge on any atom is -0.431 e. The van der Waals surface area contributed by atoms with Gasteiger partial charge in [-0.1, -0.05) is 0 Å². The number of hydrogen-bond donors (Lipinski definition) is 1. The third-order valence-electron chi connectivity index (χ3n) is 7.03. The van der Waals surface area contributed by atoms with Gasteiger partial charge in [0, 0.05) is 43.0 Å². The van der Waals surface area contributed by atoms with Crippen molar-refractivity contribution >= 4 is 5.82 Å². The summed E-state index contributed by atoms with van der Waals surface area (Å²) in [5, 5.41) is 4.84. The highest BCUT2D eigenvalue weighted by molar-refractivity contribution is 5.64. The van der Waals surface area contributed by atoms with Crippen LogP contribution in [0.4, 0.5) is 14.6 Å². The van der Waals surface area contributed by atoms with Crippen LogP contribution in [-0.2, 0) is 11.3 Å². The third kappa shape index (κ3) is 3.24. The van der Waals surface area contributed by atoms with Crippen LogP contribution in [0.5, 0.6) is 5.75 Å². The Morgan fingerprint density at radius 3 is 2.60 bits per heavy atom. The van der Waals surface area contributed by atoms with Gasteiger partial charge in [-0.15, -0.1) is 0 Å². The van der Waals surface area contributed by atoms with Gasteiger partial charge in [0.1, 0.15) is 0 Å². The van der Waals surface area contributed by atoms with Crippen molar-refractivity contribution in [1.29, 1.82) is 0 Å². The van der Waals surface area contributed by atoms with E-state index in [0.717, 1.165) is 38.5 Å². The van der Waals surface area contributed by atoms with Crippen molar-refractivity contribution in [2.75, 3.05) is 32.0 Å². The fourth-order valence-electron chi connectivity index (χ4n) is 5.05. The molecule has 2 saturated heterocycles. The maximum absolute atomic E-state index is 12.7. The van der Waals surface area contributed by atoms with Gasteiger partial charge in [0.15, 0.2) is 11.6 Å². The molecule has 160 valence electrons. The molecule has 2 aliphatic carbocycles. The molecule has 9 heteroatoms. The van der Waals surface area contributed by atoms with Crippen LogP contribution in [0, 0.1) is 17.8 Å². The molecular weight excluding hydrogens is 392 g/mol. The van der Waals surface area contributed by atoms with E-state index < -0.39 is 6.61 Å². The summed E-state index contributed by atoms with van der Waals surface area (Å²) in [7, 11) is 0. The maximum atomic E-state index is 12.7. The summed E-state index contributed by atoms with van der Waals surface area (Å²) in [6, 6.07) is 4.22. The molecule has 0 unspecified atom stereocenters. The molecular formula is C21H25F2N5O2. The topological polar surface area (TPSA) is 78.4 Å². The SMILES string of the molecule is Nc1ncc(-c2cc([C@H]3[C@@H]4CN(C5COC5)C[C@@H]43)n(CC3CC3)n2)cc1OC(F)F. The second-order valence-electron chi connectivity index (χ2n) is 9.06. The first-order chi connectivity index (χ1) is 14.6. The van der Waals surface area contributed by atoms with Crippen LogP contribution >= 0.6 is 0 Å². The molecule has 6 rings (SSSR count). The fourth-order valence-corrected chi connectivity index (χ4v) is 5.05. The van der Waals surface area contributed by atoms with E-state index in [2.05, 4.69) is 25.4 Å². The molecule has 2 aliphatic heterocycles. The Hall–Kier alpha value is -2.26. The van der Waals surface area contributed by atoms with E-state index in [0.29, 0.717) is 35.3 Å². The highest BCUT2D eigenvalue weighted by Gasteiger charge is 2.58. The van der Waals surface area contributed by atoms with Crippen LogP contribution in [0.25, 0.3) is 11.3 Å². The van der Waals surface area contributed by atoms with E-state index in [9.17, 15) is 8.78 Å². The zero-order chi connectivity index (χ0) is 20.4. The molecule has 7 nitrogen and oxygen atoms in total. The average Bonchev–Trinajstić information content (AvgIpc) is 3.50. The fraction of sp³-hybridized carbons (Fsp3) is 0.619. The molecule has 0 amide bonds. The Bertz CT molecular complexity index is 947. The summed E-state index contributed by atoms with van der Waals surface area (Å²) in [5.41, 5.74) is 8.35. The van der Waals surface area contributed by atoms with Gasteiger partial charge in [0.25, 0.3) is 0 Å². The van der Waals surface area contributed by atoms with Crippen molar-refractivity contribution in [1.82, 2.24) is 19.7 Å². The molecule has 3 atom stereocenters. The van der Waals surface area contributed by atoms with Crippen molar-refractivity contribution < 1.29 is 18.3 Å². The molecule has 4 fully saturated rings. The second kappa shape index (κ2) is 6.88. The Labute approximate surface area is 173 Å². The standard InChI is InChI=1S/C21H25F2N5O2/c22-21(23)30-18-3-12(5-25-20(18)24)16-4-17(28(26-16)6-11-1-2-11)19-14-7-27(8-15(14)19)13-9-29-10-13/h3-5,11,13-15,19,21H,1-2,6-10H2,(H2,24,25)/t14-,15+,19+. The molecule has 0 spiro atoms. The number of halogens is 2. The predicted molar refractivity (Wildman–Crippen MR) is 105 cm³/mol. The number of piperidine rings is 1. The molecule has 0 bridgehead atoms. The number of pyridine rings is 1.